The quantitative estimate of drug-likeness (QED) is 0.498. The zero-order chi connectivity index (χ0) is 18.6. The van der Waals surface area contributed by atoms with E-state index in [1.54, 1.807) is 24.3 Å². The number of rotatable bonds is 4. The molecule has 0 amide bonds. The van der Waals surface area contributed by atoms with E-state index in [9.17, 15) is 8.78 Å². The van der Waals surface area contributed by atoms with Crippen LogP contribution in [0.5, 0.6) is 0 Å². The maximum atomic E-state index is 13.1. The smallest absolute Gasteiger partial charge is 0.132 e. The lowest BCUT2D eigenvalue weighted by molar-refractivity contribution is 0.627. The molecule has 0 spiro atoms. The Balaban J connectivity index is 1.59. The van der Waals surface area contributed by atoms with Gasteiger partial charge in [-0.3, -0.25) is 0 Å². The van der Waals surface area contributed by atoms with Crippen molar-refractivity contribution in [2.24, 2.45) is 0 Å². The average molecular weight is 359 g/mol. The summed E-state index contributed by atoms with van der Waals surface area (Å²) in [5.41, 5.74) is 3.12. The number of halogens is 2. The van der Waals surface area contributed by atoms with Crippen LogP contribution in [-0.2, 0) is 0 Å². The summed E-state index contributed by atoms with van der Waals surface area (Å²) >= 11 is 0. The SMILES string of the molecule is Fc1ccc(-c2cccc(Nc3cccc(-c4ccc(F)cc4)n3)n2)cc1. The van der Waals surface area contributed by atoms with Crippen molar-refractivity contribution < 1.29 is 8.78 Å². The number of pyridine rings is 2. The molecular formula is C22H15F2N3. The first-order valence-electron chi connectivity index (χ1n) is 8.40. The van der Waals surface area contributed by atoms with Crippen LogP contribution >= 0.6 is 0 Å². The predicted octanol–water partition coefficient (Wildman–Crippen LogP) is 5.83. The lowest BCUT2D eigenvalue weighted by atomic mass is 10.1. The Labute approximate surface area is 155 Å². The second-order valence-electron chi connectivity index (χ2n) is 5.95. The predicted molar refractivity (Wildman–Crippen MR) is 103 cm³/mol. The van der Waals surface area contributed by atoms with E-state index in [1.807, 2.05) is 36.4 Å². The highest BCUT2D eigenvalue weighted by molar-refractivity contribution is 5.65. The van der Waals surface area contributed by atoms with Crippen LogP contribution in [0.4, 0.5) is 20.4 Å². The van der Waals surface area contributed by atoms with Gasteiger partial charge in [0.2, 0.25) is 0 Å². The second kappa shape index (κ2) is 7.33. The maximum absolute atomic E-state index is 13.1. The van der Waals surface area contributed by atoms with Gasteiger partial charge in [0.1, 0.15) is 23.3 Å². The van der Waals surface area contributed by atoms with Crippen molar-refractivity contribution in [3.05, 3.63) is 96.6 Å². The Hall–Kier alpha value is -3.60. The zero-order valence-electron chi connectivity index (χ0n) is 14.2. The zero-order valence-corrected chi connectivity index (χ0v) is 14.2. The molecular weight excluding hydrogens is 344 g/mol. The van der Waals surface area contributed by atoms with E-state index < -0.39 is 0 Å². The summed E-state index contributed by atoms with van der Waals surface area (Å²) < 4.78 is 26.2. The number of hydrogen-bond acceptors (Lipinski definition) is 3. The number of nitrogens with one attached hydrogen (secondary N) is 1. The van der Waals surface area contributed by atoms with Crippen LogP contribution in [0.15, 0.2) is 84.9 Å². The van der Waals surface area contributed by atoms with Gasteiger partial charge in [0.05, 0.1) is 11.4 Å². The number of anilines is 2. The molecule has 0 radical (unpaired) electrons. The monoisotopic (exact) mass is 359 g/mol. The van der Waals surface area contributed by atoms with Crippen LogP contribution in [0.2, 0.25) is 0 Å². The normalized spacial score (nSPS) is 10.6. The van der Waals surface area contributed by atoms with Gasteiger partial charge in [-0.05, 0) is 72.8 Å². The van der Waals surface area contributed by atoms with Crippen molar-refractivity contribution in [3.63, 3.8) is 0 Å². The Bertz CT molecular complexity index is 974. The average Bonchev–Trinajstić information content (AvgIpc) is 2.69. The molecule has 1 N–H and O–H groups in total. The van der Waals surface area contributed by atoms with E-state index in [4.69, 9.17) is 0 Å². The third kappa shape index (κ3) is 3.98. The Morgan fingerprint density at radius 3 is 1.33 bits per heavy atom. The molecule has 4 aromatic rings. The molecule has 0 saturated heterocycles. The fraction of sp³-hybridized carbons (Fsp3) is 0. The third-order valence-electron chi connectivity index (χ3n) is 4.03. The van der Waals surface area contributed by atoms with E-state index in [1.165, 1.54) is 24.3 Å². The lowest BCUT2D eigenvalue weighted by Crippen LogP contribution is -1.98. The molecule has 5 heteroatoms. The first kappa shape index (κ1) is 16.8. The van der Waals surface area contributed by atoms with Crippen molar-refractivity contribution in [2.75, 3.05) is 5.32 Å². The molecule has 132 valence electrons. The molecule has 0 aliphatic carbocycles. The number of aromatic nitrogens is 2. The third-order valence-corrected chi connectivity index (χ3v) is 4.03. The van der Waals surface area contributed by atoms with E-state index in [0.717, 1.165) is 22.5 Å². The first-order valence-corrected chi connectivity index (χ1v) is 8.40. The van der Waals surface area contributed by atoms with E-state index in [-0.39, 0.29) is 11.6 Å². The van der Waals surface area contributed by atoms with Gasteiger partial charge in [0.15, 0.2) is 0 Å². The van der Waals surface area contributed by atoms with Gasteiger partial charge < -0.3 is 5.32 Å². The summed E-state index contributed by atoms with van der Waals surface area (Å²) in [6.07, 6.45) is 0. The molecule has 0 bridgehead atoms. The van der Waals surface area contributed by atoms with Crippen LogP contribution < -0.4 is 5.32 Å². The minimum Gasteiger partial charge on any atom is -0.325 e. The topological polar surface area (TPSA) is 37.8 Å². The van der Waals surface area contributed by atoms with Crippen molar-refractivity contribution in [1.29, 1.82) is 0 Å². The Morgan fingerprint density at radius 1 is 0.519 bits per heavy atom. The molecule has 4 rings (SSSR count). The minimum atomic E-state index is -0.283. The Morgan fingerprint density at radius 2 is 0.926 bits per heavy atom. The number of nitrogens with zero attached hydrogens (tertiary/aromatic N) is 2. The molecule has 0 fully saturated rings. The molecule has 0 unspecified atom stereocenters. The van der Waals surface area contributed by atoms with Gasteiger partial charge in [0, 0.05) is 11.1 Å². The molecule has 3 nitrogen and oxygen atoms in total. The van der Waals surface area contributed by atoms with E-state index in [0.29, 0.717) is 11.6 Å². The second-order valence-corrected chi connectivity index (χ2v) is 5.95. The maximum Gasteiger partial charge on any atom is 0.132 e. The van der Waals surface area contributed by atoms with Crippen LogP contribution in [-0.4, -0.2) is 9.97 Å². The molecule has 0 saturated carbocycles. The van der Waals surface area contributed by atoms with Crippen molar-refractivity contribution >= 4 is 11.6 Å². The molecule has 2 aromatic carbocycles. The van der Waals surface area contributed by atoms with Gasteiger partial charge in [-0.1, -0.05) is 12.1 Å². The molecule has 0 atom stereocenters. The summed E-state index contributed by atoms with van der Waals surface area (Å²) in [7, 11) is 0. The van der Waals surface area contributed by atoms with E-state index >= 15 is 0 Å². The summed E-state index contributed by atoms with van der Waals surface area (Å²) in [4.78, 5) is 9.12. The van der Waals surface area contributed by atoms with Gasteiger partial charge >= 0.3 is 0 Å². The van der Waals surface area contributed by atoms with Crippen LogP contribution in [0.25, 0.3) is 22.5 Å². The highest BCUT2D eigenvalue weighted by Gasteiger charge is 2.05. The summed E-state index contributed by atoms with van der Waals surface area (Å²) in [5, 5.41) is 3.18. The summed E-state index contributed by atoms with van der Waals surface area (Å²) in [5.74, 6) is 0.686. The van der Waals surface area contributed by atoms with Crippen molar-refractivity contribution in [2.45, 2.75) is 0 Å². The standard InChI is InChI=1S/C22H15F2N3/c23-17-11-7-15(8-12-17)19-3-1-5-21(25-19)27-22-6-2-4-20(26-22)16-9-13-18(24)14-10-16/h1-14H,(H,25,26,27). The number of benzene rings is 2. The molecule has 2 aromatic heterocycles. The highest BCUT2D eigenvalue weighted by atomic mass is 19.1. The highest BCUT2D eigenvalue weighted by Crippen LogP contribution is 2.23. The fourth-order valence-electron chi connectivity index (χ4n) is 2.70. The Kier molecular flexibility index (Phi) is 4.58. The minimum absolute atomic E-state index is 0.283. The van der Waals surface area contributed by atoms with Gasteiger partial charge in [-0.2, -0.15) is 0 Å². The summed E-state index contributed by atoms with van der Waals surface area (Å²) in [6.45, 7) is 0. The fourth-order valence-corrected chi connectivity index (χ4v) is 2.70. The lowest BCUT2D eigenvalue weighted by Gasteiger charge is -2.09. The van der Waals surface area contributed by atoms with E-state index in [2.05, 4.69) is 15.3 Å². The van der Waals surface area contributed by atoms with Crippen molar-refractivity contribution in [3.8, 4) is 22.5 Å². The van der Waals surface area contributed by atoms with Crippen molar-refractivity contribution in [1.82, 2.24) is 9.97 Å². The molecule has 0 aliphatic rings. The first-order chi connectivity index (χ1) is 13.2. The molecule has 27 heavy (non-hydrogen) atoms. The van der Waals surface area contributed by atoms with Crippen LogP contribution in [0.3, 0.4) is 0 Å². The van der Waals surface area contributed by atoms with Gasteiger partial charge in [-0.15, -0.1) is 0 Å². The van der Waals surface area contributed by atoms with Gasteiger partial charge in [-0.25, -0.2) is 18.7 Å². The largest absolute Gasteiger partial charge is 0.325 e. The molecule has 2 heterocycles. The van der Waals surface area contributed by atoms with Crippen LogP contribution in [0, 0.1) is 11.6 Å². The summed E-state index contributed by atoms with van der Waals surface area (Å²) in [6, 6.07) is 23.5. The molecule has 0 aliphatic heterocycles. The number of hydrogen-bond donors (Lipinski definition) is 1. The van der Waals surface area contributed by atoms with Crippen LogP contribution in [0.1, 0.15) is 0 Å². The van der Waals surface area contributed by atoms with Gasteiger partial charge in [0.25, 0.3) is 0 Å².